The van der Waals surface area contributed by atoms with Gasteiger partial charge in [0.05, 0.1) is 0 Å². The molecule has 0 saturated heterocycles. The van der Waals surface area contributed by atoms with Crippen LogP contribution in [-0.4, -0.2) is 29.3 Å². The average molecular weight is 369 g/mol. The lowest BCUT2D eigenvalue weighted by atomic mass is 10.1. The number of nitrogens with two attached hydrogens (primary N) is 1. The average Bonchev–Trinajstić information content (AvgIpc) is 2.65. The Morgan fingerprint density at radius 3 is 2.41 bits per heavy atom. The Labute approximate surface area is 155 Å². The van der Waals surface area contributed by atoms with Gasteiger partial charge in [-0.3, -0.25) is 5.41 Å². The number of benzene rings is 3. The minimum Gasteiger partial charge on any atom is -0.490 e. The molecule has 27 heavy (non-hydrogen) atoms. The highest BCUT2D eigenvalue weighted by Crippen LogP contribution is 2.25. The van der Waals surface area contributed by atoms with E-state index in [1.165, 1.54) is 0 Å². The predicted octanol–water partition coefficient (Wildman–Crippen LogP) is 3.23. The molecular formula is C19H19N3O5. The van der Waals surface area contributed by atoms with Crippen LogP contribution >= 0.6 is 0 Å². The van der Waals surface area contributed by atoms with Crippen LogP contribution < -0.4 is 15.2 Å². The van der Waals surface area contributed by atoms with Gasteiger partial charge in [0.15, 0.2) is 0 Å². The van der Waals surface area contributed by atoms with Gasteiger partial charge >= 0.3 is 0 Å². The van der Waals surface area contributed by atoms with E-state index < -0.39 is 5.09 Å². The van der Waals surface area contributed by atoms with Gasteiger partial charge in [-0.15, -0.1) is 10.1 Å². The molecule has 3 aromatic rings. The number of fused-ring (bicyclic) bond motifs is 1. The van der Waals surface area contributed by atoms with E-state index in [1.807, 2.05) is 42.5 Å². The third-order valence-electron chi connectivity index (χ3n) is 3.50. The van der Waals surface area contributed by atoms with Crippen molar-refractivity contribution in [3.8, 4) is 11.5 Å². The normalized spacial score (nSPS) is 9.78. The highest BCUT2D eigenvalue weighted by Gasteiger charge is 2.02. The van der Waals surface area contributed by atoms with E-state index in [0.29, 0.717) is 24.5 Å². The molecule has 0 saturated carbocycles. The van der Waals surface area contributed by atoms with Gasteiger partial charge in [-0.25, -0.2) is 0 Å². The van der Waals surface area contributed by atoms with Crippen LogP contribution in [0.4, 0.5) is 0 Å². The van der Waals surface area contributed by atoms with Crippen molar-refractivity contribution in [2.45, 2.75) is 0 Å². The molecule has 0 aromatic heterocycles. The monoisotopic (exact) mass is 369 g/mol. The molecule has 0 heterocycles. The Kier molecular flexibility index (Phi) is 6.95. The van der Waals surface area contributed by atoms with Gasteiger partial charge in [-0.1, -0.05) is 48.5 Å². The predicted molar refractivity (Wildman–Crippen MR) is 101 cm³/mol. The van der Waals surface area contributed by atoms with E-state index in [2.05, 4.69) is 12.1 Å². The second kappa shape index (κ2) is 9.62. The summed E-state index contributed by atoms with van der Waals surface area (Å²) in [6.45, 7) is 0.864. The smallest absolute Gasteiger partial charge is 0.291 e. The minimum atomic E-state index is -1.50. The lowest BCUT2D eigenvalue weighted by molar-refractivity contribution is -0.742. The molecule has 8 nitrogen and oxygen atoms in total. The van der Waals surface area contributed by atoms with Crippen molar-refractivity contribution in [3.05, 3.63) is 82.4 Å². The Morgan fingerprint density at radius 2 is 1.67 bits per heavy atom. The van der Waals surface area contributed by atoms with E-state index in [1.54, 1.807) is 12.1 Å². The van der Waals surface area contributed by atoms with Crippen LogP contribution in [0.1, 0.15) is 5.56 Å². The van der Waals surface area contributed by atoms with Gasteiger partial charge < -0.3 is 20.4 Å². The maximum Gasteiger partial charge on any atom is 0.291 e. The molecule has 3 aromatic carbocycles. The summed E-state index contributed by atoms with van der Waals surface area (Å²) in [7, 11) is 0. The summed E-state index contributed by atoms with van der Waals surface area (Å²) in [5.41, 5.74) is 6.12. The van der Waals surface area contributed by atoms with Crippen molar-refractivity contribution in [1.29, 1.82) is 5.41 Å². The van der Waals surface area contributed by atoms with E-state index in [0.717, 1.165) is 16.5 Å². The lowest BCUT2D eigenvalue weighted by Gasteiger charge is -2.11. The zero-order chi connectivity index (χ0) is 19.6. The molecule has 0 amide bonds. The van der Waals surface area contributed by atoms with Crippen LogP contribution in [0.5, 0.6) is 11.5 Å². The number of rotatable bonds is 6. The molecule has 0 aliphatic rings. The number of nitrogens with one attached hydrogen (secondary N) is 1. The van der Waals surface area contributed by atoms with Crippen LogP contribution in [0.2, 0.25) is 0 Å². The molecule has 0 aliphatic carbocycles. The first-order valence-electron chi connectivity index (χ1n) is 7.98. The molecule has 8 heteroatoms. The maximum atomic E-state index is 8.36. The minimum absolute atomic E-state index is 0.0301. The van der Waals surface area contributed by atoms with Crippen LogP contribution in [0, 0.1) is 15.5 Å². The Bertz CT molecular complexity index is 921. The first-order valence-corrected chi connectivity index (χ1v) is 7.98. The van der Waals surface area contributed by atoms with Gasteiger partial charge in [0.2, 0.25) is 0 Å². The molecule has 0 atom stereocenters. The third-order valence-corrected chi connectivity index (χ3v) is 3.50. The molecule has 0 bridgehead atoms. The summed E-state index contributed by atoms with van der Waals surface area (Å²) in [4.78, 5) is 8.36. The fourth-order valence-electron chi connectivity index (χ4n) is 2.39. The summed E-state index contributed by atoms with van der Waals surface area (Å²) in [5.74, 6) is 1.56. The number of amidine groups is 1. The van der Waals surface area contributed by atoms with Gasteiger partial charge in [-0.05, 0) is 23.6 Å². The Morgan fingerprint density at radius 1 is 1.04 bits per heavy atom. The second-order valence-electron chi connectivity index (χ2n) is 5.35. The quantitative estimate of drug-likeness (QED) is 0.201. The fraction of sp³-hybridized carbons (Fsp3) is 0.105. The molecule has 3 rings (SSSR count). The summed E-state index contributed by atoms with van der Waals surface area (Å²) in [6.07, 6.45) is 0. The molecule has 0 spiro atoms. The van der Waals surface area contributed by atoms with Crippen molar-refractivity contribution >= 4 is 16.6 Å². The van der Waals surface area contributed by atoms with E-state index in [4.69, 9.17) is 35.9 Å². The topological polar surface area (TPSA) is 132 Å². The van der Waals surface area contributed by atoms with Gasteiger partial charge in [0.25, 0.3) is 5.09 Å². The molecule has 0 radical (unpaired) electrons. The first kappa shape index (κ1) is 19.5. The molecule has 0 aliphatic heterocycles. The SMILES string of the molecule is N=C(N)c1cccc(OCCOc2cccc3ccccc23)c1.O=[N+]([O-])O. The van der Waals surface area contributed by atoms with E-state index >= 15 is 0 Å². The van der Waals surface area contributed by atoms with Crippen molar-refractivity contribution in [2.75, 3.05) is 13.2 Å². The van der Waals surface area contributed by atoms with Crippen molar-refractivity contribution in [3.63, 3.8) is 0 Å². The lowest BCUT2D eigenvalue weighted by Crippen LogP contribution is -2.12. The zero-order valence-electron chi connectivity index (χ0n) is 14.4. The van der Waals surface area contributed by atoms with Crippen molar-refractivity contribution in [1.82, 2.24) is 0 Å². The van der Waals surface area contributed by atoms with Crippen molar-refractivity contribution < 1.29 is 19.8 Å². The van der Waals surface area contributed by atoms with Crippen LogP contribution in [0.3, 0.4) is 0 Å². The molecular weight excluding hydrogens is 350 g/mol. The van der Waals surface area contributed by atoms with Crippen LogP contribution in [-0.2, 0) is 0 Å². The van der Waals surface area contributed by atoms with Crippen LogP contribution in [0.25, 0.3) is 10.8 Å². The van der Waals surface area contributed by atoms with Gasteiger partial charge in [0, 0.05) is 10.9 Å². The highest BCUT2D eigenvalue weighted by molar-refractivity contribution is 5.95. The van der Waals surface area contributed by atoms with Crippen molar-refractivity contribution in [2.24, 2.45) is 5.73 Å². The number of hydrogen-bond donors (Lipinski definition) is 3. The third kappa shape index (κ3) is 6.20. The number of ether oxygens (including phenoxy) is 2. The number of nitrogen functional groups attached to an aromatic ring is 1. The standard InChI is InChI=1S/C19H18N2O2.HNO3/c20-19(21)15-7-3-8-16(13-15)22-11-12-23-18-10-4-6-14-5-1-2-9-17(14)18;2-1(3)4/h1-10,13H,11-12H2,(H3,20,21);(H,2,3,4). The van der Waals surface area contributed by atoms with Crippen LogP contribution in [0.15, 0.2) is 66.7 Å². The zero-order valence-corrected chi connectivity index (χ0v) is 14.4. The largest absolute Gasteiger partial charge is 0.490 e. The fourth-order valence-corrected chi connectivity index (χ4v) is 2.39. The molecule has 0 fully saturated rings. The van der Waals surface area contributed by atoms with E-state index in [9.17, 15) is 0 Å². The number of nitrogens with zero attached hydrogens (tertiary/aromatic N) is 1. The highest BCUT2D eigenvalue weighted by atomic mass is 16.9. The summed E-state index contributed by atoms with van der Waals surface area (Å²) < 4.78 is 11.5. The summed E-state index contributed by atoms with van der Waals surface area (Å²) in [6, 6.07) is 21.3. The van der Waals surface area contributed by atoms with Gasteiger partial charge in [-0.2, -0.15) is 0 Å². The first-order chi connectivity index (χ1) is 13.0. The Balaban J connectivity index is 0.000000596. The second-order valence-corrected chi connectivity index (χ2v) is 5.35. The van der Waals surface area contributed by atoms with Gasteiger partial charge in [0.1, 0.15) is 30.5 Å². The molecule has 4 N–H and O–H groups in total. The maximum absolute atomic E-state index is 8.36. The number of hydrogen-bond acceptors (Lipinski definition) is 5. The summed E-state index contributed by atoms with van der Waals surface area (Å²) >= 11 is 0. The summed E-state index contributed by atoms with van der Waals surface area (Å²) in [5, 5.41) is 23.3. The Hall–Kier alpha value is -3.81. The molecule has 140 valence electrons. The molecule has 0 unspecified atom stereocenters. The van der Waals surface area contributed by atoms with E-state index in [-0.39, 0.29) is 5.84 Å².